The first-order valence-electron chi connectivity index (χ1n) is 7.93. The molecule has 1 N–H and O–H groups in total. The van der Waals surface area contributed by atoms with Gasteiger partial charge < -0.3 is 15.0 Å². The van der Waals surface area contributed by atoms with Crippen molar-refractivity contribution in [3.8, 4) is 0 Å². The predicted molar refractivity (Wildman–Crippen MR) is 82.1 cm³/mol. The molecule has 0 aliphatic carbocycles. The molecule has 5 nitrogen and oxygen atoms in total. The molecule has 124 valence electrons. The third-order valence-electron chi connectivity index (χ3n) is 4.90. The zero-order chi connectivity index (χ0) is 16.4. The molecule has 1 aromatic rings. The van der Waals surface area contributed by atoms with Gasteiger partial charge in [0.05, 0.1) is 5.54 Å². The van der Waals surface area contributed by atoms with Crippen LogP contribution in [-0.2, 0) is 19.9 Å². The number of rotatable bonds is 3. The zero-order valence-corrected chi connectivity index (χ0v) is 13.2. The van der Waals surface area contributed by atoms with Gasteiger partial charge in [0.2, 0.25) is 11.8 Å². The molecule has 23 heavy (non-hydrogen) atoms. The fraction of sp³-hybridized carbons (Fsp3) is 0.529. The summed E-state index contributed by atoms with van der Waals surface area (Å²) in [6, 6.07) is 5.81. The van der Waals surface area contributed by atoms with Crippen LogP contribution in [-0.4, -0.2) is 43.0 Å². The number of carbonyl (C=O) groups is 2. The van der Waals surface area contributed by atoms with E-state index < -0.39 is 11.6 Å². The van der Waals surface area contributed by atoms with E-state index in [0.29, 0.717) is 38.9 Å². The van der Waals surface area contributed by atoms with E-state index in [1.165, 1.54) is 17.0 Å². The smallest absolute Gasteiger partial charge is 0.243 e. The van der Waals surface area contributed by atoms with Crippen molar-refractivity contribution < 1.29 is 18.7 Å². The normalized spacial score (nSPS) is 23.8. The molecular formula is C17H21FN2O3. The Balaban J connectivity index is 1.83. The van der Waals surface area contributed by atoms with Crippen molar-refractivity contribution in [2.75, 3.05) is 20.3 Å². The molecule has 2 heterocycles. The molecule has 1 aromatic carbocycles. The van der Waals surface area contributed by atoms with Crippen molar-refractivity contribution in [3.63, 3.8) is 0 Å². The van der Waals surface area contributed by atoms with Crippen molar-refractivity contribution in [1.29, 1.82) is 0 Å². The molecule has 0 spiro atoms. The molecule has 2 saturated heterocycles. The molecule has 6 heteroatoms. The summed E-state index contributed by atoms with van der Waals surface area (Å²) >= 11 is 0. The maximum absolute atomic E-state index is 13.2. The van der Waals surface area contributed by atoms with E-state index in [0.717, 1.165) is 5.56 Å². The molecule has 0 unspecified atom stereocenters. The van der Waals surface area contributed by atoms with Gasteiger partial charge in [0.25, 0.3) is 0 Å². The first-order valence-corrected chi connectivity index (χ1v) is 7.93. The lowest BCUT2D eigenvalue weighted by molar-refractivity contribution is -0.135. The van der Waals surface area contributed by atoms with E-state index in [1.54, 1.807) is 19.2 Å². The van der Waals surface area contributed by atoms with Crippen LogP contribution in [0.25, 0.3) is 0 Å². The highest BCUT2D eigenvalue weighted by atomic mass is 19.1. The third-order valence-corrected chi connectivity index (χ3v) is 4.90. The molecular weight excluding hydrogens is 299 g/mol. The molecule has 2 amide bonds. The monoisotopic (exact) mass is 320 g/mol. The second-order valence-electron chi connectivity index (χ2n) is 6.25. The first-order chi connectivity index (χ1) is 11.0. The summed E-state index contributed by atoms with van der Waals surface area (Å²) < 4.78 is 18.7. The van der Waals surface area contributed by atoms with Gasteiger partial charge in [-0.2, -0.15) is 0 Å². The molecule has 2 aliphatic heterocycles. The molecule has 0 saturated carbocycles. The Kier molecular flexibility index (Phi) is 4.35. The summed E-state index contributed by atoms with van der Waals surface area (Å²) in [4.78, 5) is 25.9. The molecule has 1 atom stereocenters. The molecule has 0 bridgehead atoms. The van der Waals surface area contributed by atoms with Crippen LogP contribution in [0.15, 0.2) is 24.3 Å². The fourth-order valence-corrected chi connectivity index (χ4v) is 3.40. The quantitative estimate of drug-likeness (QED) is 0.920. The number of hydrogen-bond acceptors (Lipinski definition) is 3. The van der Waals surface area contributed by atoms with E-state index in [2.05, 4.69) is 5.32 Å². The van der Waals surface area contributed by atoms with Gasteiger partial charge in [-0.3, -0.25) is 9.59 Å². The standard InChI is InChI=1S/C17H21FN2O3/c1-20-14(6-7-15(20)21)16(22)19-17(8-10-23-11-9-17)12-2-4-13(18)5-3-12/h2-5,14H,6-11H2,1H3,(H,19,22)/t14-/m0/s1. The number of carbonyl (C=O) groups excluding carboxylic acids is 2. The highest BCUT2D eigenvalue weighted by Gasteiger charge is 2.40. The molecule has 0 radical (unpaired) electrons. The summed E-state index contributed by atoms with van der Waals surface area (Å²) in [5.74, 6) is -0.457. The van der Waals surface area contributed by atoms with Crippen LogP contribution in [0, 0.1) is 5.82 Å². The van der Waals surface area contributed by atoms with Gasteiger partial charge >= 0.3 is 0 Å². The highest BCUT2D eigenvalue weighted by Crippen LogP contribution is 2.33. The minimum absolute atomic E-state index is 0.00652. The van der Waals surface area contributed by atoms with Gasteiger partial charge in [0, 0.05) is 26.7 Å². The summed E-state index contributed by atoms with van der Waals surface area (Å²) in [6.45, 7) is 1.08. The van der Waals surface area contributed by atoms with E-state index >= 15 is 0 Å². The number of nitrogens with zero attached hydrogens (tertiary/aromatic N) is 1. The average Bonchev–Trinajstić information content (AvgIpc) is 2.88. The molecule has 3 rings (SSSR count). The minimum Gasteiger partial charge on any atom is -0.381 e. The lowest BCUT2D eigenvalue weighted by atomic mass is 9.82. The minimum atomic E-state index is -0.560. The van der Waals surface area contributed by atoms with E-state index in [9.17, 15) is 14.0 Å². The van der Waals surface area contributed by atoms with Crippen LogP contribution >= 0.6 is 0 Å². The Hall–Kier alpha value is -1.95. The van der Waals surface area contributed by atoms with Crippen molar-refractivity contribution in [1.82, 2.24) is 10.2 Å². The predicted octanol–water partition coefficient (Wildman–Crippen LogP) is 1.57. The van der Waals surface area contributed by atoms with Crippen molar-refractivity contribution in [2.24, 2.45) is 0 Å². The Bertz CT molecular complexity index is 596. The number of likely N-dealkylation sites (tertiary alicyclic amines) is 1. The summed E-state index contributed by atoms with van der Waals surface area (Å²) in [7, 11) is 1.66. The van der Waals surface area contributed by atoms with Crippen molar-refractivity contribution in [3.05, 3.63) is 35.6 Å². The zero-order valence-electron chi connectivity index (χ0n) is 13.2. The largest absolute Gasteiger partial charge is 0.381 e. The van der Waals surface area contributed by atoms with Crippen LogP contribution in [0.3, 0.4) is 0 Å². The number of ether oxygens (including phenoxy) is 1. The Morgan fingerprint density at radius 2 is 1.96 bits per heavy atom. The SMILES string of the molecule is CN1C(=O)CC[C@H]1C(=O)NC1(c2ccc(F)cc2)CCOCC1. The Labute approximate surface area is 134 Å². The number of benzene rings is 1. The third kappa shape index (κ3) is 3.08. The van der Waals surface area contributed by atoms with Crippen LogP contribution in [0.1, 0.15) is 31.2 Å². The Morgan fingerprint density at radius 3 is 2.52 bits per heavy atom. The van der Waals surface area contributed by atoms with E-state index in [4.69, 9.17) is 4.74 Å². The summed E-state index contributed by atoms with van der Waals surface area (Å²) in [6.07, 6.45) is 2.21. The van der Waals surface area contributed by atoms with Crippen molar-refractivity contribution >= 4 is 11.8 Å². The number of hydrogen-bond donors (Lipinski definition) is 1. The Morgan fingerprint density at radius 1 is 1.30 bits per heavy atom. The van der Waals surface area contributed by atoms with Crippen LogP contribution < -0.4 is 5.32 Å². The lowest BCUT2D eigenvalue weighted by Gasteiger charge is -2.39. The van der Waals surface area contributed by atoms with Gasteiger partial charge in [-0.05, 0) is 37.0 Å². The van der Waals surface area contributed by atoms with Crippen LogP contribution in [0.5, 0.6) is 0 Å². The van der Waals surface area contributed by atoms with Crippen molar-refractivity contribution in [2.45, 2.75) is 37.3 Å². The maximum Gasteiger partial charge on any atom is 0.243 e. The second kappa shape index (κ2) is 6.28. The number of nitrogens with one attached hydrogen (secondary N) is 1. The van der Waals surface area contributed by atoms with Gasteiger partial charge in [0.15, 0.2) is 0 Å². The average molecular weight is 320 g/mol. The molecule has 2 fully saturated rings. The second-order valence-corrected chi connectivity index (χ2v) is 6.25. The van der Waals surface area contributed by atoms with Gasteiger partial charge in [-0.25, -0.2) is 4.39 Å². The van der Waals surface area contributed by atoms with Gasteiger partial charge in [-0.15, -0.1) is 0 Å². The van der Waals surface area contributed by atoms with Gasteiger partial charge in [-0.1, -0.05) is 12.1 Å². The topological polar surface area (TPSA) is 58.6 Å². The van der Waals surface area contributed by atoms with Gasteiger partial charge in [0.1, 0.15) is 11.9 Å². The molecule has 2 aliphatic rings. The van der Waals surface area contributed by atoms with Crippen LogP contribution in [0.2, 0.25) is 0 Å². The number of halogens is 1. The number of likely N-dealkylation sites (N-methyl/N-ethyl adjacent to an activating group) is 1. The maximum atomic E-state index is 13.2. The highest BCUT2D eigenvalue weighted by molar-refractivity contribution is 5.91. The summed E-state index contributed by atoms with van der Waals surface area (Å²) in [5, 5.41) is 3.13. The first kappa shape index (κ1) is 15.9. The van der Waals surface area contributed by atoms with Crippen LogP contribution in [0.4, 0.5) is 4.39 Å². The fourth-order valence-electron chi connectivity index (χ4n) is 3.40. The van der Waals surface area contributed by atoms with E-state index in [1.807, 2.05) is 0 Å². The lowest BCUT2D eigenvalue weighted by Crippen LogP contribution is -2.54. The van der Waals surface area contributed by atoms with E-state index in [-0.39, 0.29) is 17.6 Å². The number of amides is 2. The summed E-state index contributed by atoms with van der Waals surface area (Å²) in [5.41, 5.74) is 0.317. The molecule has 0 aromatic heterocycles.